The van der Waals surface area contributed by atoms with E-state index >= 15 is 0 Å². The van der Waals surface area contributed by atoms with E-state index in [1.807, 2.05) is 30.3 Å². The van der Waals surface area contributed by atoms with Crippen molar-refractivity contribution in [1.82, 2.24) is 0 Å². The zero-order chi connectivity index (χ0) is 15.2. The molecule has 0 fully saturated rings. The third-order valence-corrected chi connectivity index (χ3v) is 3.29. The second-order valence-electron chi connectivity index (χ2n) is 4.08. The number of halogens is 1. The van der Waals surface area contributed by atoms with Crippen LogP contribution >= 0.6 is 15.9 Å². The molecular formula is C14H11BrN2O4. The maximum Gasteiger partial charge on any atom is 0.412 e. The third-order valence-electron chi connectivity index (χ3n) is 2.63. The minimum atomic E-state index is -0.756. The van der Waals surface area contributed by atoms with Gasteiger partial charge in [0, 0.05) is 10.5 Å². The molecular weight excluding hydrogens is 340 g/mol. The second kappa shape index (κ2) is 6.85. The summed E-state index contributed by atoms with van der Waals surface area (Å²) in [7, 11) is 0. The first-order chi connectivity index (χ1) is 10.1. The molecule has 2 aromatic rings. The highest BCUT2D eigenvalue weighted by Gasteiger charge is 2.19. The first-order valence-electron chi connectivity index (χ1n) is 5.98. The number of hydrogen-bond donors (Lipinski definition) is 1. The van der Waals surface area contributed by atoms with Crippen molar-refractivity contribution in [1.29, 1.82) is 0 Å². The van der Waals surface area contributed by atoms with Crippen LogP contribution in [0.5, 0.6) is 0 Å². The van der Waals surface area contributed by atoms with Crippen molar-refractivity contribution >= 4 is 33.4 Å². The van der Waals surface area contributed by atoms with Gasteiger partial charge in [-0.25, -0.2) is 4.79 Å². The number of carbonyl (C=O) groups is 1. The van der Waals surface area contributed by atoms with E-state index in [0.717, 1.165) is 5.56 Å². The van der Waals surface area contributed by atoms with Crippen LogP contribution in [0.3, 0.4) is 0 Å². The number of ether oxygens (including phenoxy) is 1. The van der Waals surface area contributed by atoms with E-state index in [1.54, 1.807) is 6.07 Å². The fraction of sp³-hybridized carbons (Fsp3) is 0.0714. The average Bonchev–Trinajstić information content (AvgIpc) is 2.48. The molecule has 108 valence electrons. The summed E-state index contributed by atoms with van der Waals surface area (Å²) in [6, 6.07) is 13.6. The molecule has 0 bridgehead atoms. The Morgan fingerprint density at radius 3 is 2.57 bits per heavy atom. The van der Waals surface area contributed by atoms with Gasteiger partial charge in [0.15, 0.2) is 0 Å². The van der Waals surface area contributed by atoms with Crippen LogP contribution in [0.25, 0.3) is 0 Å². The monoisotopic (exact) mass is 350 g/mol. The molecule has 0 aliphatic heterocycles. The Morgan fingerprint density at radius 2 is 1.90 bits per heavy atom. The first kappa shape index (κ1) is 15.0. The summed E-state index contributed by atoms with van der Waals surface area (Å²) in [5.74, 6) is 0. The van der Waals surface area contributed by atoms with Crippen LogP contribution in [0, 0.1) is 10.1 Å². The van der Waals surface area contributed by atoms with Gasteiger partial charge in [-0.15, -0.1) is 0 Å². The number of anilines is 1. The Hall–Kier alpha value is -2.41. The molecule has 0 atom stereocenters. The number of para-hydroxylation sites is 1. The Kier molecular flexibility index (Phi) is 4.89. The predicted molar refractivity (Wildman–Crippen MR) is 81.0 cm³/mol. The molecule has 1 N–H and O–H groups in total. The first-order valence-corrected chi connectivity index (χ1v) is 6.78. The van der Waals surface area contributed by atoms with Gasteiger partial charge in [-0.05, 0) is 27.6 Å². The number of rotatable bonds is 4. The number of nitro benzene ring substituents is 1. The van der Waals surface area contributed by atoms with E-state index < -0.39 is 11.0 Å². The van der Waals surface area contributed by atoms with Gasteiger partial charge in [0.25, 0.3) is 5.69 Å². The number of carbonyl (C=O) groups excluding carboxylic acids is 1. The van der Waals surface area contributed by atoms with Gasteiger partial charge in [0.05, 0.1) is 4.92 Å². The SMILES string of the molecule is O=C(Nc1c(Br)cccc1[N+](=O)[O-])OCc1ccccc1. The van der Waals surface area contributed by atoms with Crippen molar-refractivity contribution in [3.8, 4) is 0 Å². The Bertz CT molecular complexity index is 661. The van der Waals surface area contributed by atoms with Crippen molar-refractivity contribution in [2.45, 2.75) is 6.61 Å². The molecule has 0 unspecified atom stereocenters. The van der Waals surface area contributed by atoms with E-state index in [9.17, 15) is 14.9 Å². The minimum absolute atomic E-state index is 0.0700. The lowest BCUT2D eigenvalue weighted by Gasteiger charge is -2.09. The van der Waals surface area contributed by atoms with Crippen LogP contribution in [0.4, 0.5) is 16.2 Å². The summed E-state index contributed by atoms with van der Waals surface area (Å²) in [6.45, 7) is 0.0882. The molecule has 0 aromatic heterocycles. The van der Waals surface area contributed by atoms with Crippen molar-refractivity contribution in [3.63, 3.8) is 0 Å². The van der Waals surface area contributed by atoms with E-state index in [0.29, 0.717) is 4.47 Å². The lowest BCUT2D eigenvalue weighted by Crippen LogP contribution is -2.15. The number of nitrogens with one attached hydrogen (secondary N) is 1. The lowest BCUT2D eigenvalue weighted by atomic mass is 10.2. The van der Waals surface area contributed by atoms with Gasteiger partial charge in [0.2, 0.25) is 0 Å². The molecule has 0 aliphatic carbocycles. The molecule has 0 heterocycles. The normalized spacial score (nSPS) is 9.95. The third kappa shape index (κ3) is 4.03. The molecule has 1 amide bonds. The molecule has 21 heavy (non-hydrogen) atoms. The van der Waals surface area contributed by atoms with Crippen molar-refractivity contribution < 1.29 is 14.5 Å². The van der Waals surface area contributed by atoms with E-state index in [1.165, 1.54) is 12.1 Å². The van der Waals surface area contributed by atoms with Crippen LogP contribution in [0.1, 0.15) is 5.56 Å². The fourth-order valence-corrected chi connectivity index (χ4v) is 2.10. The molecule has 7 heteroatoms. The summed E-state index contributed by atoms with van der Waals surface area (Å²) < 4.78 is 5.44. The predicted octanol–water partition coefficient (Wildman–Crippen LogP) is 4.11. The molecule has 0 saturated heterocycles. The van der Waals surface area contributed by atoms with Gasteiger partial charge in [-0.1, -0.05) is 36.4 Å². The average molecular weight is 351 g/mol. The van der Waals surface area contributed by atoms with Crippen molar-refractivity contribution in [2.24, 2.45) is 0 Å². The maximum atomic E-state index is 11.7. The highest BCUT2D eigenvalue weighted by Crippen LogP contribution is 2.32. The Labute approximate surface area is 129 Å². The highest BCUT2D eigenvalue weighted by molar-refractivity contribution is 9.10. The lowest BCUT2D eigenvalue weighted by molar-refractivity contribution is -0.384. The number of hydrogen-bond acceptors (Lipinski definition) is 4. The number of amides is 1. The molecule has 0 saturated carbocycles. The minimum Gasteiger partial charge on any atom is -0.444 e. The van der Waals surface area contributed by atoms with Gasteiger partial charge in [-0.3, -0.25) is 15.4 Å². The molecule has 0 spiro atoms. The molecule has 2 rings (SSSR count). The van der Waals surface area contributed by atoms with E-state index in [2.05, 4.69) is 21.2 Å². The molecule has 6 nitrogen and oxygen atoms in total. The van der Waals surface area contributed by atoms with Crippen LogP contribution < -0.4 is 5.32 Å². The van der Waals surface area contributed by atoms with Gasteiger partial charge < -0.3 is 4.74 Å². The number of nitrogens with zero attached hydrogens (tertiary/aromatic N) is 1. The summed E-state index contributed by atoms with van der Waals surface area (Å²) >= 11 is 3.17. The Balaban J connectivity index is 2.05. The van der Waals surface area contributed by atoms with Crippen LogP contribution in [0.2, 0.25) is 0 Å². The zero-order valence-corrected chi connectivity index (χ0v) is 12.4. The van der Waals surface area contributed by atoms with Gasteiger partial charge in [-0.2, -0.15) is 0 Å². The summed E-state index contributed by atoms with van der Waals surface area (Å²) in [5.41, 5.74) is 0.691. The van der Waals surface area contributed by atoms with Gasteiger partial charge >= 0.3 is 6.09 Å². The summed E-state index contributed by atoms with van der Waals surface area (Å²) in [6.07, 6.45) is -0.756. The standard InChI is InChI=1S/C14H11BrN2O4/c15-11-7-4-8-12(17(19)20)13(11)16-14(18)21-9-10-5-2-1-3-6-10/h1-8H,9H2,(H,16,18). The van der Waals surface area contributed by atoms with Crippen molar-refractivity contribution in [3.05, 3.63) is 68.7 Å². The molecule has 2 aromatic carbocycles. The smallest absolute Gasteiger partial charge is 0.412 e. The highest BCUT2D eigenvalue weighted by atomic mass is 79.9. The van der Waals surface area contributed by atoms with E-state index in [4.69, 9.17) is 4.74 Å². The summed E-state index contributed by atoms with van der Waals surface area (Å²) in [4.78, 5) is 22.1. The van der Waals surface area contributed by atoms with Crippen molar-refractivity contribution in [2.75, 3.05) is 5.32 Å². The van der Waals surface area contributed by atoms with E-state index in [-0.39, 0.29) is 18.0 Å². The van der Waals surface area contributed by atoms with Crippen LogP contribution in [0.15, 0.2) is 53.0 Å². The number of benzene rings is 2. The zero-order valence-electron chi connectivity index (χ0n) is 10.8. The topological polar surface area (TPSA) is 81.5 Å². The van der Waals surface area contributed by atoms with Crippen LogP contribution in [-0.2, 0) is 11.3 Å². The fourth-order valence-electron chi connectivity index (χ4n) is 1.65. The second-order valence-corrected chi connectivity index (χ2v) is 4.93. The van der Waals surface area contributed by atoms with Crippen LogP contribution in [-0.4, -0.2) is 11.0 Å². The molecule has 0 aliphatic rings. The molecule has 0 radical (unpaired) electrons. The Morgan fingerprint density at radius 1 is 1.19 bits per heavy atom. The largest absolute Gasteiger partial charge is 0.444 e. The quantitative estimate of drug-likeness (QED) is 0.664. The number of nitro groups is 1. The maximum absolute atomic E-state index is 11.7. The van der Waals surface area contributed by atoms with Gasteiger partial charge in [0.1, 0.15) is 12.3 Å². The summed E-state index contributed by atoms with van der Waals surface area (Å²) in [5, 5.41) is 13.3.